The molecule has 4 atom stereocenters. The van der Waals surface area contributed by atoms with Crippen LogP contribution >= 0.6 is 0 Å². The van der Waals surface area contributed by atoms with Crippen LogP contribution in [0.3, 0.4) is 0 Å². The molecule has 3 unspecified atom stereocenters. The summed E-state index contributed by atoms with van der Waals surface area (Å²) in [5.74, 6) is -0.199. The summed E-state index contributed by atoms with van der Waals surface area (Å²) >= 11 is 0. The molecule has 3 nitrogen and oxygen atoms in total. The molecule has 2 fully saturated rings. The normalized spacial score (nSPS) is 34.4. The Hall–Kier alpha value is -1.35. The van der Waals surface area contributed by atoms with Crippen molar-refractivity contribution in [2.45, 2.75) is 25.3 Å². The van der Waals surface area contributed by atoms with Gasteiger partial charge in [-0.15, -0.1) is 0 Å². The molecule has 3 heteroatoms. The van der Waals surface area contributed by atoms with Crippen LogP contribution < -0.4 is 0 Å². The van der Waals surface area contributed by atoms with E-state index in [1.807, 2.05) is 6.07 Å². The van der Waals surface area contributed by atoms with Crippen LogP contribution in [0.2, 0.25) is 0 Å². The molecule has 0 aliphatic carbocycles. The zero-order chi connectivity index (χ0) is 12.5. The molecule has 1 N–H and O–H groups in total. The number of carboxylic acids is 1. The number of nitrogens with zero attached hydrogens (tertiary/aromatic N) is 1. The van der Waals surface area contributed by atoms with Gasteiger partial charge in [-0.2, -0.15) is 0 Å². The second kappa shape index (κ2) is 4.73. The first-order valence-corrected chi connectivity index (χ1v) is 6.75. The lowest BCUT2D eigenvalue weighted by Gasteiger charge is -2.36. The first-order chi connectivity index (χ1) is 8.74. The van der Waals surface area contributed by atoms with E-state index in [0.717, 1.165) is 25.9 Å². The Morgan fingerprint density at radius 1 is 1.33 bits per heavy atom. The van der Waals surface area contributed by atoms with Gasteiger partial charge in [0.15, 0.2) is 0 Å². The summed E-state index contributed by atoms with van der Waals surface area (Å²) in [4.78, 5) is 13.5. The fourth-order valence-corrected chi connectivity index (χ4v) is 3.54. The molecule has 1 aromatic rings. The minimum atomic E-state index is -0.620. The third-order valence-electron chi connectivity index (χ3n) is 4.48. The van der Waals surface area contributed by atoms with Gasteiger partial charge in [-0.1, -0.05) is 30.3 Å². The molecule has 18 heavy (non-hydrogen) atoms. The number of hydrogen-bond donors (Lipinski definition) is 1. The fourth-order valence-electron chi connectivity index (χ4n) is 3.54. The zero-order valence-electron chi connectivity index (χ0n) is 10.5. The van der Waals surface area contributed by atoms with Crippen molar-refractivity contribution in [3.05, 3.63) is 35.9 Å². The number of carbonyl (C=O) groups is 1. The molecular weight excluding hydrogens is 226 g/mol. The molecule has 2 aliphatic heterocycles. The van der Waals surface area contributed by atoms with E-state index in [1.54, 1.807) is 0 Å². The van der Waals surface area contributed by atoms with Crippen molar-refractivity contribution >= 4 is 5.97 Å². The van der Waals surface area contributed by atoms with Crippen LogP contribution in [-0.4, -0.2) is 35.1 Å². The lowest BCUT2D eigenvalue weighted by Crippen LogP contribution is -2.45. The maximum absolute atomic E-state index is 11.1. The van der Waals surface area contributed by atoms with E-state index in [4.69, 9.17) is 5.11 Å². The van der Waals surface area contributed by atoms with Gasteiger partial charge in [0.1, 0.15) is 0 Å². The van der Waals surface area contributed by atoms with Crippen molar-refractivity contribution in [3.8, 4) is 0 Å². The highest BCUT2D eigenvalue weighted by atomic mass is 16.4. The highest BCUT2D eigenvalue weighted by Gasteiger charge is 2.42. The van der Waals surface area contributed by atoms with E-state index < -0.39 is 5.97 Å². The molecule has 2 heterocycles. The van der Waals surface area contributed by atoms with Crippen LogP contribution in [-0.2, 0) is 11.2 Å². The molecular formula is C15H19NO2. The van der Waals surface area contributed by atoms with Crippen LogP contribution in [0.1, 0.15) is 18.4 Å². The summed E-state index contributed by atoms with van der Waals surface area (Å²) in [7, 11) is 0. The zero-order valence-corrected chi connectivity index (χ0v) is 10.5. The predicted octanol–water partition coefficient (Wildman–Crippen LogP) is 2.02. The second-order valence-corrected chi connectivity index (χ2v) is 5.57. The van der Waals surface area contributed by atoms with Gasteiger partial charge in [0.25, 0.3) is 0 Å². The lowest BCUT2D eigenvalue weighted by atomic mass is 9.83. The van der Waals surface area contributed by atoms with Crippen LogP contribution in [0.4, 0.5) is 0 Å². The quantitative estimate of drug-likeness (QED) is 0.885. The van der Waals surface area contributed by atoms with Crippen molar-refractivity contribution in [1.82, 2.24) is 4.90 Å². The number of piperidine rings is 1. The first-order valence-electron chi connectivity index (χ1n) is 6.75. The average molecular weight is 245 g/mol. The standard InChI is InChI=1S/C15H19NO2/c17-15(18)13-9-12-6-7-16(10-13)14(12)8-11-4-2-1-3-5-11/h1-5,12-14H,6-10H2,(H,17,18)/t12?,13-,14?/m0/s1. The molecule has 3 rings (SSSR count). The third kappa shape index (κ3) is 2.15. The summed E-state index contributed by atoms with van der Waals surface area (Å²) in [6.45, 7) is 1.81. The van der Waals surface area contributed by atoms with Crippen molar-refractivity contribution in [3.63, 3.8) is 0 Å². The number of fused-ring (bicyclic) bond motifs is 2. The molecule has 2 saturated heterocycles. The summed E-state index contributed by atoms with van der Waals surface area (Å²) in [5.41, 5.74) is 1.37. The SMILES string of the molecule is O=C(O)[C@H]1CC2CCN(C1)C2Cc1ccccc1. The molecule has 2 bridgehead atoms. The van der Waals surface area contributed by atoms with E-state index in [-0.39, 0.29) is 5.92 Å². The molecule has 96 valence electrons. The highest BCUT2D eigenvalue weighted by Crippen LogP contribution is 2.37. The Balaban J connectivity index is 1.71. The summed E-state index contributed by atoms with van der Waals surface area (Å²) in [5, 5.41) is 9.15. The van der Waals surface area contributed by atoms with Crippen molar-refractivity contribution in [2.75, 3.05) is 13.1 Å². The summed E-state index contributed by atoms with van der Waals surface area (Å²) in [6.07, 6.45) is 3.10. The van der Waals surface area contributed by atoms with Gasteiger partial charge in [-0.3, -0.25) is 9.69 Å². The van der Waals surface area contributed by atoms with Crippen LogP contribution in [0.15, 0.2) is 30.3 Å². The first kappa shape index (κ1) is 11.7. The van der Waals surface area contributed by atoms with Crippen LogP contribution in [0.5, 0.6) is 0 Å². The highest BCUT2D eigenvalue weighted by molar-refractivity contribution is 5.70. The van der Waals surface area contributed by atoms with E-state index in [1.165, 1.54) is 12.0 Å². The maximum atomic E-state index is 11.1. The Morgan fingerprint density at radius 2 is 2.11 bits per heavy atom. The van der Waals surface area contributed by atoms with Gasteiger partial charge >= 0.3 is 5.97 Å². The minimum Gasteiger partial charge on any atom is -0.481 e. The van der Waals surface area contributed by atoms with E-state index in [2.05, 4.69) is 29.2 Å². The van der Waals surface area contributed by atoms with E-state index in [0.29, 0.717) is 12.0 Å². The fraction of sp³-hybridized carbons (Fsp3) is 0.533. The lowest BCUT2D eigenvalue weighted by molar-refractivity contribution is -0.144. The van der Waals surface area contributed by atoms with E-state index >= 15 is 0 Å². The van der Waals surface area contributed by atoms with Gasteiger partial charge in [0.2, 0.25) is 0 Å². The minimum absolute atomic E-state index is 0.149. The van der Waals surface area contributed by atoms with Crippen molar-refractivity contribution in [2.24, 2.45) is 11.8 Å². The van der Waals surface area contributed by atoms with Crippen molar-refractivity contribution < 1.29 is 9.90 Å². The summed E-state index contributed by atoms with van der Waals surface area (Å²) < 4.78 is 0. The second-order valence-electron chi connectivity index (χ2n) is 5.57. The number of carboxylic acid groups (broad SMARTS) is 1. The molecule has 2 aliphatic rings. The Bertz CT molecular complexity index is 417. The van der Waals surface area contributed by atoms with Crippen LogP contribution in [0, 0.1) is 11.8 Å². The number of aliphatic carboxylic acids is 1. The molecule has 0 radical (unpaired) electrons. The average Bonchev–Trinajstić information content (AvgIpc) is 2.62. The number of benzene rings is 1. The van der Waals surface area contributed by atoms with Crippen LogP contribution in [0.25, 0.3) is 0 Å². The Kier molecular flexibility index (Phi) is 3.08. The summed E-state index contributed by atoms with van der Waals surface area (Å²) in [6, 6.07) is 11.1. The Morgan fingerprint density at radius 3 is 2.78 bits per heavy atom. The topological polar surface area (TPSA) is 40.5 Å². The van der Waals surface area contributed by atoms with Gasteiger partial charge in [-0.05, 0) is 37.3 Å². The molecule has 0 saturated carbocycles. The van der Waals surface area contributed by atoms with Gasteiger partial charge < -0.3 is 5.11 Å². The monoisotopic (exact) mass is 245 g/mol. The largest absolute Gasteiger partial charge is 0.481 e. The molecule has 1 aromatic carbocycles. The van der Waals surface area contributed by atoms with Crippen molar-refractivity contribution in [1.29, 1.82) is 0 Å². The number of hydrogen-bond acceptors (Lipinski definition) is 2. The maximum Gasteiger partial charge on any atom is 0.307 e. The molecule has 0 aromatic heterocycles. The predicted molar refractivity (Wildman–Crippen MR) is 69.4 cm³/mol. The molecule has 0 spiro atoms. The van der Waals surface area contributed by atoms with E-state index in [9.17, 15) is 4.79 Å². The Labute approximate surface area is 107 Å². The van der Waals surface area contributed by atoms with Gasteiger partial charge in [0.05, 0.1) is 5.92 Å². The van der Waals surface area contributed by atoms with Gasteiger partial charge in [-0.25, -0.2) is 0 Å². The third-order valence-corrected chi connectivity index (χ3v) is 4.48. The van der Waals surface area contributed by atoms with Gasteiger partial charge in [0, 0.05) is 12.6 Å². The smallest absolute Gasteiger partial charge is 0.307 e. The molecule has 0 amide bonds. The number of rotatable bonds is 3.